The molecule has 0 heterocycles. The maximum absolute atomic E-state index is 17.2. The van der Waals surface area contributed by atoms with Crippen molar-refractivity contribution in [1.82, 2.24) is 5.32 Å². The number of esters is 1. The van der Waals surface area contributed by atoms with E-state index in [9.17, 15) is 48.5 Å². The molecule has 11 N–H and O–H groups in total. The van der Waals surface area contributed by atoms with Gasteiger partial charge in [-0.2, -0.15) is 0 Å². The van der Waals surface area contributed by atoms with Crippen molar-refractivity contribution in [2.24, 2.45) is 28.6 Å². The second-order valence-electron chi connectivity index (χ2n) is 17.5. The number of hydrogen-bond donors (Lipinski definition) is 7. The Hall–Kier alpha value is -5.58. The summed E-state index contributed by atoms with van der Waals surface area (Å²) in [5.41, 5.74) is -4.77. The summed E-state index contributed by atoms with van der Waals surface area (Å²) in [5, 5.41) is 52.0. The van der Waals surface area contributed by atoms with Crippen molar-refractivity contribution < 1.29 is 87.9 Å². The number of carbonyl (C=O) groups is 6. The number of carboxylic acid groups (broad SMARTS) is 2. The van der Waals surface area contributed by atoms with Crippen LogP contribution in [0.25, 0.3) is 0 Å². The summed E-state index contributed by atoms with van der Waals surface area (Å²) >= 11 is 0.396. The molecule has 69 heavy (non-hydrogen) atoms. The first kappa shape index (κ1) is 59.5. The normalized spacial score (nSPS) is 29.2. The molecule has 0 aromatic heterocycles. The zero-order valence-corrected chi connectivity index (χ0v) is 39.9. The molecule has 1 amide bonds. The summed E-state index contributed by atoms with van der Waals surface area (Å²) in [4.78, 5) is 67.4. The summed E-state index contributed by atoms with van der Waals surface area (Å²) in [6.45, 7) is 8.86. The van der Waals surface area contributed by atoms with Crippen LogP contribution < -0.4 is 15.4 Å². The number of alkyl halides is 3. The molecule has 3 fully saturated rings. The first-order valence-electron chi connectivity index (χ1n) is 21.6. The number of aliphatic carboxylic acids is 2. The van der Waals surface area contributed by atoms with Gasteiger partial charge in [0.05, 0.1) is 25.0 Å². The highest BCUT2D eigenvalue weighted by Gasteiger charge is 2.78. The van der Waals surface area contributed by atoms with Crippen molar-refractivity contribution in [2.45, 2.75) is 102 Å². The number of aromatic hydroxyl groups is 1. The summed E-state index contributed by atoms with van der Waals surface area (Å²) in [7, 11) is 1.64. The van der Waals surface area contributed by atoms with Crippen LogP contribution in [0.5, 0.6) is 11.5 Å². The van der Waals surface area contributed by atoms with Gasteiger partial charge >= 0.3 is 17.9 Å². The average molecular weight is 997 g/mol. The lowest BCUT2D eigenvalue weighted by Crippen LogP contribution is -2.70. The van der Waals surface area contributed by atoms with E-state index in [1.54, 1.807) is 40.0 Å². The van der Waals surface area contributed by atoms with Crippen LogP contribution >= 0.6 is 11.8 Å². The van der Waals surface area contributed by atoms with Crippen LogP contribution in [0.2, 0.25) is 0 Å². The van der Waals surface area contributed by atoms with Crippen LogP contribution in [-0.4, -0.2) is 121 Å². The molecule has 382 valence electrons. The van der Waals surface area contributed by atoms with Crippen molar-refractivity contribution in [1.29, 1.82) is 0 Å². The maximum atomic E-state index is 17.2. The molecule has 4 aliphatic carbocycles. The monoisotopic (exact) mass is 996 g/mol. The van der Waals surface area contributed by atoms with Gasteiger partial charge in [0.15, 0.2) is 17.1 Å². The minimum absolute atomic E-state index is 0. The van der Waals surface area contributed by atoms with E-state index in [4.69, 9.17) is 19.7 Å². The van der Waals surface area contributed by atoms with Crippen LogP contribution in [0.4, 0.5) is 18.9 Å². The number of rotatable bonds is 15. The topological polar surface area (TPSA) is 309 Å². The van der Waals surface area contributed by atoms with E-state index in [2.05, 4.69) is 10.6 Å². The number of phenolic OH excluding ortho intramolecular Hbond substituents is 1. The highest BCUT2D eigenvalue weighted by atomic mass is 32.2. The van der Waals surface area contributed by atoms with Crippen LogP contribution in [-0.2, 0) is 39.9 Å². The maximum Gasteiger partial charge on any atom is 0.328 e. The Labute approximate surface area is 401 Å². The van der Waals surface area contributed by atoms with E-state index in [-0.39, 0.29) is 59.7 Å². The number of aliphatic hydroxyl groups is 2. The number of thioether (sulfide) groups is 1. The van der Waals surface area contributed by atoms with E-state index in [0.717, 1.165) is 18.2 Å². The molecular formula is C48H63F3N2O15S. The van der Waals surface area contributed by atoms with E-state index < -0.39 is 93.0 Å². The lowest BCUT2D eigenvalue weighted by molar-refractivity contribution is -0.228. The summed E-state index contributed by atoms with van der Waals surface area (Å²) < 4.78 is 57.0. The number of fused-ring (bicyclic) bond motifs is 5. The van der Waals surface area contributed by atoms with Crippen LogP contribution in [0.1, 0.15) is 77.5 Å². The van der Waals surface area contributed by atoms with Crippen LogP contribution in [0.15, 0.2) is 78.4 Å². The number of ether oxygens (including phenoxy) is 2. The van der Waals surface area contributed by atoms with Gasteiger partial charge in [0.1, 0.15) is 23.7 Å². The van der Waals surface area contributed by atoms with Gasteiger partial charge in [-0.05, 0) is 110 Å². The van der Waals surface area contributed by atoms with Gasteiger partial charge in [0, 0.05) is 53.8 Å². The molecule has 0 aliphatic heterocycles. The van der Waals surface area contributed by atoms with E-state index in [1.807, 2.05) is 31.2 Å². The number of anilines is 1. The molecule has 11 atom stereocenters. The summed E-state index contributed by atoms with van der Waals surface area (Å²) in [5.74, 6) is -5.02. The number of allylic oxidation sites excluding steroid dienone is 4. The number of halogens is 3. The smallest absolute Gasteiger partial charge is 0.328 e. The highest BCUT2D eigenvalue weighted by Crippen LogP contribution is 2.72. The number of phenols is 1. The van der Waals surface area contributed by atoms with Gasteiger partial charge in [-0.1, -0.05) is 45.0 Å². The summed E-state index contributed by atoms with van der Waals surface area (Å²) in [6.07, 6.45) is 1.84. The lowest BCUT2D eigenvalue weighted by Gasteiger charge is -2.63. The third-order valence-electron chi connectivity index (χ3n) is 13.6. The van der Waals surface area contributed by atoms with Crippen molar-refractivity contribution in [3.8, 4) is 11.5 Å². The molecule has 0 spiro atoms. The number of aliphatic hydroxyl groups excluding tert-OH is 2. The largest absolute Gasteiger partial charge is 0.506 e. The fourth-order valence-electron chi connectivity index (χ4n) is 10.3. The minimum Gasteiger partial charge on any atom is -0.506 e. The van der Waals surface area contributed by atoms with Gasteiger partial charge in [-0.3, -0.25) is 19.2 Å². The Balaban J connectivity index is 0.000000411. The first-order chi connectivity index (χ1) is 31.5. The predicted molar refractivity (Wildman–Crippen MR) is 249 cm³/mol. The number of benzene rings is 2. The molecule has 0 bridgehead atoms. The number of methoxy groups -OCH3 is 1. The van der Waals surface area contributed by atoms with E-state index >= 15 is 8.78 Å². The van der Waals surface area contributed by atoms with Gasteiger partial charge < -0.3 is 56.6 Å². The second-order valence-corrected chi connectivity index (χ2v) is 18.4. The molecular weight excluding hydrogens is 934 g/mol. The van der Waals surface area contributed by atoms with Crippen molar-refractivity contribution >= 4 is 52.7 Å². The minimum atomic E-state index is -2.30. The number of amides is 1. The van der Waals surface area contributed by atoms with Gasteiger partial charge in [-0.25, -0.2) is 22.8 Å². The quantitative estimate of drug-likeness (QED) is 0.0550. The lowest BCUT2D eigenvalue weighted by atomic mass is 9.44. The average Bonchev–Trinajstić information content (AvgIpc) is 3.50. The molecule has 4 aliphatic rings. The Bertz CT molecular complexity index is 2230. The number of hydrogen-bond acceptors (Lipinski definition) is 13. The second kappa shape index (κ2) is 24.8. The summed E-state index contributed by atoms with van der Waals surface area (Å²) in [6, 6.07) is 11.7. The third-order valence-corrected chi connectivity index (χ3v) is 14.2. The Kier molecular flexibility index (Phi) is 21.4. The van der Waals surface area contributed by atoms with Crippen LogP contribution in [0.3, 0.4) is 0 Å². The number of nitrogens with one attached hydrogen (secondary N) is 2. The molecule has 21 heteroatoms. The zero-order chi connectivity index (χ0) is 50.1. The molecule has 0 unspecified atom stereocenters. The SMILES string of the molecule is CCC(=O)O[C@]1(C(=O)SCF)[C@H](C)C[C@H]2[C@@H]3C[C@H](F)C4=CC(=O)C=C[C@]4(C)[C@@]3(F)[C@@H](O)C[C@@]21C.COc1ccc(C[C@@H](C)NC[C@H](O)c2ccc(O)c(NC=O)c2)cc1.O.O.O=C(O)/C=C/C(=O)O. The Morgan fingerprint density at radius 1 is 1.01 bits per heavy atom. The molecule has 3 saturated carbocycles. The zero-order valence-electron chi connectivity index (χ0n) is 39.0. The van der Waals surface area contributed by atoms with Crippen molar-refractivity contribution in [3.63, 3.8) is 0 Å². The van der Waals surface area contributed by atoms with E-state index in [0.29, 0.717) is 42.4 Å². The molecule has 0 radical (unpaired) electrons. The number of carboxylic acids is 2. The molecule has 6 rings (SSSR count). The molecule has 17 nitrogen and oxygen atoms in total. The molecule has 2 aromatic carbocycles. The van der Waals surface area contributed by atoms with Gasteiger partial charge in [0.2, 0.25) is 11.5 Å². The third kappa shape index (κ3) is 12.4. The molecule has 0 saturated heterocycles. The van der Waals surface area contributed by atoms with Gasteiger partial charge in [-0.15, -0.1) is 0 Å². The Morgan fingerprint density at radius 3 is 2.19 bits per heavy atom. The van der Waals surface area contributed by atoms with Crippen molar-refractivity contribution in [2.75, 3.05) is 25.0 Å². The fourth-order valence-corrected chi connectivity index (χ4v) is 11.1. The fraction of sp³-hybridized carbons (Fsp3) is 0.500. The first-order valence-corrected chi connectivity index (χ1v) is 22.6. The highest BCUT2D eigenvalue weighted by molar-refractivity contribution is 8.13. The predicted octanol–water partition coefficient (Wildman–Crippen LogP) is 4.72. The number of carbonyl (C=O) groups excluding carboxylic acids is 4. The van der Waals surface area contributed by atoms with Crippen molar-refractivity contribution in [3.05, 3.63) is 89.5 Å². The van der Waals surface area contributed by atoms with E-state index in [1.165, 1.54) is 30.7 Å². The standard InChI is InChI=1S/C25H31F3O5S.C19H24N2O4.C4H4O4.2H2O/c1-5-20(31)33-25(21(32)34-12-26)13(2)8-15-16-10-18(27)17-9-14(29)6-7-22(17,3)24(16,28)19(30)11-23(15,25)4;1-13(9-14-3-6-16(25-2)7-4-14)20-11-19(24)15-5-8-18(23)17(10-15)21-12-22;5-3(6)1-2-4(7)8;;/h6-7,9,13,15-16,18-19,30H,5,8,10-12H2,1-4H3;3-8,10,12-13,19-20,23-24H,9,11H2,1-2H3,(H,21,22);1-2H,(H,5,6)(H,7,8);2*1H2/b;;2-1+;;/t13-,15+,16+,18+,19+,22+,23+,24+,25+;13-,19+;;;/m11.../s1. The van der Waals surface area contributed by atoms with Crippen LogP contribution in [0, 0.1) is 28.6 Å². The molecule has 2 aromatic rings. The number of ketones is 1. The Morgan fingerprint density at radius 2 is 1.64 bits per heavy atom. The van der Waals surface area contributed by atoms with Gasteiger partial charge in [0.25, 0.3) is 0 Å².